The van der Waals surface area contributed by atoms with Gasteiger partial charge in [0.25, 0.3) is 0 Å². The molecule has 0 radical (unpaired) electrons. The molecule has 0 amide bonds. The van der Waals surface area contributed by atoms with Crippen LogP contribution in [0.5, 0.6) is 0 Å². The third-order valence-electron chi connectivity index (χ3n) is 9.01. The Kier molecular flexibility index (Phi) is 5.14. The van der Waals surface area contributed by atoms with Gasteiger partial charge in [-0.3, -0.25) is 4.98 Å². The lowest BCUT2D eigenvalue weighted by molar-refractivity contribution is 0.277. The molecule has 5 nitrogen and oxygen atoms in total. The largest absolute Gasteiger partial charge is 0.387 e. The maximum Gasteiger partial charge on any atom is 0.147 e. The van der Waals surface area contributed by atoms with Crippen molar-refractivity contribution in [2.45, 2.75) is 65.7 Å². The van der Waals surface area contributed by atoms with Gasteiger partial charge in [-0.2, -0.15) is 0 Å². The van der Waals surface area contributed by atoms with Crippen molar-refractivity contribution in [1.29, 1.82) is 0 Å². The summed E-state index contributed by atoms with van der Waals surface area (Å²) in [4.78, 5) is 7.29. The SMILES string of the molecule is CC1=CNCC(C)=C1c1noc(C2CC2)c1C1=CC2(CCN(c3ccc4nc(C)cc(C)c4c3)CC2)C1. The molecule has 3 aromatic rings. The Morgan fingerprint density at radius 2 is 1.84 bits per heavy atom. The smallest absolute Gasteiger partial charge is 0.147 e. The van der Waals surface area contributed by atoms with Crippen molar-refractivity contribution in [2.75, 3.05) is 24.5 Å². The van der Waals surface area contributed by atoms with Crippen molar-refractivity contribution in [3.8, 4) is 0 Å². The average molecular weight is 493 g/mol. The number of dihydropyridines is 1. The highest BCUT2D eigenvalue weighted by Gasteiger charge is 2.44. The molecular formula is C32H36N4O. The van der Waals surface area contributed by atoms with Gasteiger partial charge in [0.05, 0.1) is 5.52 Å². The van der Waals surface area contributed by atoms with E-state index in [2.05, 4.69) is 79.6 Å². The molecule has 1 N–H and O–H groups in total. The Bertz CT molecular complexity index is 1510. The van der Waals surface area contributed by atoms with Crippen LogP contribution >= 0.6 is 0 Å². The number of hydrogen-bond acceptors (Lipinski definition) is 5. The maximum atomic E-state index is 6.04. The minimum absolute atomic E-state index is 0.315. The number of nitrogens with one attached hydrogen (secondary N) is 1. The van der Waals surface area contributed by atoms with Gasteiger partial charge in [-0.05, 0) is 112 Å². The lowest BCUT2D eigenvalue weighted by atomic mass is 9.63. The number of aromatic nitrogens is 2. The van der Waals surface area contributed by atoms with Crippen molar-refractivity contribution in [3.63, 3.8) is 0 Å². The molecular weight excluding hydrogens is 456 g/mol. The minimum Gasteiger partial charge on any atom is -0.387 e. The van der Waals surface area contributed by atoms with E-state index in [0.717, 1.165) is 48.7 Å². The van der Waals surface area contributed by atoms with Crippen LogP contribution in [0.4, 0.5) is 5.69 Å². The first-order valence-corrected chi connectivity index (χ1v) is 13.9. The average Bonchev–Trinajstić information content (AvgIpc) is 3.62. The van der Waals surface area contributed by atoms with E-state index in [0.29, 0.717) is 11.3 Å². The summed E-state index contributed by atoms with van der Waals surface area (Å²) in [6.07, 6.45) is 10.7. The number of fused-ring (bicyclic) bond motifs is 1. The number of benzene rings is 1. The predicted molar refractivity (Wildman–Crippen MR) is 151 cm³/mol. The molecule has 7 rings (SSSR count). The fraction of sp³-hybridized carbons (Fsp3) is 0.438. The molecule has 190 valence electrons. The molecule has 1 spiro atoms. The number of piperidine rings is 1. The molecule has 4 heterocycles. The lowest BCUT2D eigenvalue weighted by Gasteiger charge is -2.47. The summed E-state index contributed by atoms with van der Waals surface area (Å²) in [6.45, 7) is 11.7. The van der Waals surface area contributed by atoms with E-state index in [-0.39, 0.29) is 0 Å². The van der Waals surface area contributed by atoms with Gasteiger partial charge in [0, 0.05) is 59.7 Å². The fourth-order valence-electron chi connectivity index (χ4n) is 6.81. The van der Waals surface area contributed by atoms with Crippen LogP contribution in [-0.4, -0.2) is 29.8 Å². The minimum atomic E-state index is 0.315. The Balaban J connectivity index is 1.14. The van der Waals surface area contributed by atoms with Gasteiger partial charge in [-0.1, -0.05) is 11.2 Å². The second-order valence-electron chi connectivity index (χ2n) is 11.9. The van der Waals surface area contributed by atoms with Crippen LogP contribution < -0.4 is 10.2 Å². The molecule has 1 saturated carbocycles. The summed E-state index contributed by atoms with van der Waals surface area (Å²) in [6, 6.07) is 8.97. The van der Waals surface area contributed by atoms with Crippen LogP contribution in [0.1, 0.15) is 80.1 Å². The second kappa shape index (κ2) is 8.34. The third-order valence-corrected chi connectivity index (χ3v) is 9.01. The summed E-state index contributed by atoms with van der Waals surface area (Å²) in [5, 5.41) is 9.32. The molecule has 2 aromatic heterocycles. The zero-order valence-electron chi connectivity index (χ0n) is 22.4. The summed E-state index contributed by atoms with van der Waals surface area (Å²) in [5.74, 6) is 1.69. The van der Waals surface area contributed by atoms with E-state index < -0.39 is 0 Å². The van der Waals surface area contributed by atoms with E-state index in [1.165, 1.54) is 70.2 Å². The molecule has 5 heteroatoms. The molecule has 2 aliphatic heterocycles. The van der Waals surface area contributed by atoms with E-state index in [4.69, 9.17) is 9.51 Å². The topological polar surface area (TPSA) is 54.2 Å². The number of allylic oxidation sites excluding steroid dienone is 4. The van der Waals surface area contributed by atoms with Crippen LogP contribution in [0, 0.1) is 19.3 Å². The number of nitrogens with zero attached hydrogens (tertiary/aromatic N) is 3. The molecule has 2 fully saturated rings. The molecule has 0 bridgehead atoms. The van der Waals surface area contributed by atoms with Crippen molar-refractivity contribution in [2.24, 2.45) is 5.41 Å². The summed E-state index contributed by atoms with van der Waals surface area (Å²) in [5.41, 5.74) is 12.8. The Hall–Kier alpha value is -3.34. The number of anilines is 1. The standard InChI is InChI=1S/C32H36N4O/c1-19-13-22(4)34-27-8-7-25(14-26(19)27)36-11-9-32(10-12-36)15-24(16-32)29-30(35-37-31(29)23-5-6-23)28-20(2)17-33-18-21(28)3/h7-8,13-15,17,23,33H,5-6,9-12,16,18H2,1-4H3. The van der Waals surface area contributed by atoms with Gasteiger partial charge >= 0.3 is 0 Å². The highest BCUT2D eigenvalue weighted by molar-refractivity contribution is 5.89. The first-order valence-electron chi connectivity index (χ1n) is 13.9. The van der Waals surface area contributed by atoms with Crippen molar-refractivity contribution < 1.29 is 4.52 Å². The van der Waals surface area contributed by atoms with Crippen molar-refractivity contribution in [1.82, 2.24) is 15.5 Å². The number of hydrogen-bond donors (Lipinski definition) is 1. The first kappa shape index (κ1) is 22.8. The number of pyridine rings is 1. The van der Waals surface area contributed by atoms with Crippen LogP contribution in [0.2, 0.25) is 0 Å². The van der Waals surface area contributed by atoms with Gasteiger partial charge < -0.3 is 14.7 Å². The molecule has 1 aromatic carbocycles. The van der Waals surface area contributed by atoms with Gasteiger partial charge in [0.15, 0.2) is 0 Å². The summed E-state index contributed by atoms with van der Waals surface area (Å²) >= 11 is 0. The Morgan fingerprint density at radius 1 is 1.05 bits per heavy atom. The normalized spacial score (nSPS) is 21.1. The first-order chi connectivity index (χ1) is 17.9. The molecule has 0 unspecified atom stereocenters. The monoisotopic (exact) mass is 492 g/mol. The Labute approximate surface area is 219 Å². The fourth-order valence-corrected chi connectivity index (χ4v) is 6.81. The van der Waals surface area contributed by atoms with Gasteiger partial charge in [0.1, 0.15) is 11.5 Å². The van der Waals surface area contributed by atoms with E-state index in [9.17, 15) is 0 Å². The third kappa shape index (κ3) is 3.82. The summed E-state index contributed by atoms with van der Waals surface area (Å²) in [7, 11) is 0. The zero-order chi connectivity index (χ0) is 25.3. The molecule has 4 aliphatic rings. The maximum absolute atomic E-state index is 6.04. The van der Waals surface area contributed by atoms with Crippen LogP contribution in [0.25, 0.3) is 22.0 Å². The number of aryl methyl sites for hydroxylation is 2. The predicted octanol–water partition coefficient (Wildman–Crippen LogP) is 7.07. The van der Waals surface area contributed by atoms with Crippen LogP contribution in [-0.2, 0) is 0 Å². The zero-order valence-corrected chi connectivity index (χ0v) is 22.4. The lowest BCUT2D eigenvalue weighted by Crippen LogP contribution is -2.42. The summed E-state index contributed by atoms with van der Waals surface area (Å²) < 4.78 is 6.04. The quantitative estimate of drug-likeness (QED) is 0.422. The highest BCUT2D eigenvalue weighted by atomic mass is 16.5. The van der Waals surface area contributed by atoms with Crippen molar-refractivity contribution in [3.05, 3.63) is 76.0 Å². The molecule has 1 saturated heterocycles. The Morgan fingerprint density at radius 3 is 2.57 bits per heavy atom. The second-order valence-corrected chi connectivity index (χ2v) is 11.9. The number of rotatable bonds is 4. The van der Waals surface area contributed by atoms with Gasteiger partial charge in [0.2, 0.25) is 0 Å². The van der Waals surface area contributed by atoms with E-state index in [1.54, 1.807) is 0 Å². The van der Waals surface area contributed by atoms with Crippen molar-refractivity contribution >= 4 is 27.7 Å². The molecule has 2 aliphatic carbocycles. The van der Waals surface area contributed by atoms with Crippen LogP contribution in [0.15, 0.2) is 52.2 Å². The van der Waals surface area contributed by atoms with E-state index in [1.807, 2.05) is 0 Å². The van der Waals surface area contributed by atoms with Crippen LogP contribution in [0.3, 0.4) is 0 Å². The molecule has 37 heavy (non-hydrogen) atoms. The van der Waals surface area contributed by atoms with Gasteiger partial charge in [-0.15, -0.1) is 0 Å². The highest BCUT2D eigenvalue weighted by Crippen LogP contribution is 2.55. The van der Waals surface area contributed by atoms with E-state index >= 15 is 0 Å². The van der Waals surface area contributed by atoms with Gasteiger partial charge in [-0.25, -0.2) is 0 Å². The molecule has 0 atom stereocenters.